The smallest absolute Gasteiger partial charge is 0.0764 e. The third-order valence-corrected chi connectivity index (χ3v) is 3.03. The molecule has 1 aliphatic heterocycles. The van der Waals surface area contributed by atoms with Crippen molar-refractivity contribution in [1.82, 2.24) is 5.32 Å². The molecule has 66 valence electrons. The second-order valence-electron chi connectivity index (χ2n) is 3.45. The fraction of sp³-hybridized carbons (Fsp3) is 1.00. The summed E-state index contributed by atoms with van der Waals surface area (Å²) in [5, 5.41) is 3.55. The second kappa shape index (κ2) is 3.30. The van der Waals surface area contributed by atoms with Crippen molar-refractivity contribution in [3.63, 3.8) is 0 Å². The van der Waals surface area contributed by atoms with Crippen LogP contribution in [-0.2, 0) is 4.74 Å². The number of ether oxygens (including phenoxy) is 1. The Bertz CT molecular complexity index is 136. The maximum Gasteiger partial charge on any atom is 0.0764 e. The van der Waals surface area contributed by atoms with Crippen molar-refractivity contribution in [3.05, 3.63) is 0 Å². The van der Waals surface area contributed by atoms with E-state index < -0.39 is 0 Å². The van der Waals surface area contributed by atoms with E-state index >= 15 is 0 Å². The Morgan fingerprint density at radius 1 is 1.45 bits per heavy atom. The molecule has 2 fully saturated rings. The molecule has 1 heterocycles. The number of rotatable bonds is 1. The van der Waals surface area contributed by atoms with Gasteiger partial charge in [-0.15, -0.1) is 12.4 Å². The van der Waals surface area contributed by atoms with E-state index in [1.54, 1.807) is 0 Å². The van der Waals surface area contributed by atoms with Crippen molar-refractivity contribution in [1.29, 1.82) is 0 Å². The summed E-state index contributed by atoms with van der Waals surface area (Å²) in [6.45, 7) is 1.15. The largest absolute Gasteiger partial charge is 0.379 e. The standard InChI is InChI=1S/C8H15NO.ClH/c1-10-7-3-6-9-8(7)4-2-5-8;/h7,9H,2-6H2,1H3;1H. The van der Waals surface area contributed by atoms with Crippen LogP contribution in [0.5, 0.6) is 0 Å². The van der Waals surface area contributed by atoms with Gasteiger partial charge in [-0.3, -0.25) is 0 Å². The zero-order chi connectivity index (χ0) is 7.03. The average Bonchev–Trinajstić information content (AvgIpc) is 2.27. The number of halogens is 1. The average molecular weight is 178 g/mol. The molecule has 0 aromatic rings. The summed E-state index contributed by atoms with van der Waals surface area (Å²) in [7, 11) is 1.83. The Kier molecular flexibility index (Phi) is 2.79. The minimum absolute atomic E-state index is 0. The van der Waals surface area contributed by atoms with E-state index in [-0.39, 0.29) is 12.4 Å². The van der Waals surface area contributed by atoms with Crippen LogP contribution in [-0.4, -0.2) is 25.3 Å². The minimum Gasteiger partial charge on any atom is -0.379 e. The fourth-order valence-electron chi connectivity index (χ4n) is 2.24. The van der Waals surface area contributed by atoms with Crippen LogP contribution in [0.3, 0.4) is 0 Å². The lowest BCUT2D eigenvalue weighted by molar-refractivity contribution is 0.00767. The van der Waals surface area contributed by atoms with Gasteiger partial charge in [0.25, 0.3) is 0 Å². The van der Waals surface area contributed by atoms with Gasteiger partial charge in [-0.1, -0.05) is 0 Å². The summed E-state index contributed by atoms with van der Waals surface area (Å²) in [4.78, 5) is 0. The van der Waals surface area contributed by atoms with Crippen LogP contribution in [0.25, 0.3) is 0 Å². The first-order valence-electron chi connectivity index (χ1n) is 4.15. The molecule has 11 heavy (non-hydrogen) atoms. The van der Waals surface area contributed by atoms with E-state index in [1.807, 2.05) is 7.11 Å². The fourth-order valence-corrected chi connectivity index (χ4v) is 2.24. The summed E-state index contributed by atoms with van der Waals surface area (Å²) < 4.78 is 5.41. The quantitative estimate of drug-likeness (QED) is 0.653. The third-order valence-electron chi connectivity index (χ3n) is 3.03. The van der Waals surface area contributed by atoms with Crippen molar-refractivity contribution in [2.24, 2.45) is 0 Å². The summed E-state index contributed by atoms with van der Waals surface area (Å²) >= 11 is 0. The highest BCUT2D eigenvalue weighted by Crippen LogP contribution is 2.40. The lowest BCUT2D eigenvalue weighted by Gasteiger charge is -2.42. The van der Waals surface area contributed by atoms with E-state index in [0.717, 1.165) is 6.54 Å². The van der Waals surface area contributed by atoms with Gasteiger partial charge in [-0.2, -0.15) is 0 Å². The number of hydrogen-bond acceptors (Lipinski definition) is 2. The molecule has 0 bridgehead atoms. The molecular weight excluding hydrogens is 162 g/mol. The van der Waals surface area contributed by atoms with Gasteiger partial charge in [0, 0.05) is 12.6 Å². The van der Waals surface area contributed by atoms with E-state index in [4.69, 9.17) is 4.74 Å². The summed E-state index contributed by atoms with van der Waals surface area (Å²) in [6.07, 6.45) is 5.74. The van der Waals surface area contributed by atoms with Crippen molar-refractivity contribution in [2.45, 2.75) is 37.3 Å². The highest BCUT2D eigenvalue weighted by molar-refractivity contribution is 5.85. The first-order valence-corrected chi connectivity index (χ1v) is 4.15. The van der Waals surface area contributed by atoms with E-state index in [1.165, 1.54) is 25.7 Å². The Labute approximate surface area is 74.1 Å². The summed E-state index contributed by atoms with van der Waals surface area (Å²) in [6, 6.07) is 0. The van der Waals surface area contributed by atoms with Gasteiger partial charge in [0.2, 0.25) is 0 Å². The molecule has 1 aliphatic carbocycles. The van der Waals surface area contributed by atoms with Gasteiger partial charge in [0.15, 0.2) is 0 Å². The molecule has 2 aliphatic rings. The molecule has 2 rings (SSSR count). The molecule has 1 saturated carbocycles. The van der Waals surface area contributed by atoms with E-state index in [0.29, 0.717) is 11.6 Å². The van der Waals surface area contributed by atoms with Gasteiger partial charge >= 0.3 is 0 Å². The van der Waals surface area contributed by atoms with E-state index in [9.17, 15) is 0 Å². The highest BCUT2D eigenvalue weighted by Gasteiger charge is 2.47. The van der Waals surface area contributed by atoms with Crippen molar-refractivity contribution in [2.75, 3.05) is 13.7 Å². The monoisotopic (exact) mass is 177 g/mol. The normalized spacial score (nSPS) is 33.0. The lowest BCUT2D eigenvalue weighted by Crippen LogP contribution is -2.53. The predicted molar refractivity (Wildman–Crippen MR) is 47.2 cm³/mol. The Balaban J connectivity index is 0.000000605. The molecule has 0 aromatic carbocycles. The maximum absolute atomic E-state index is 5.41. The zero-order valence-corrected chi connectivity index (χ0v) is 7.75. The molecule has 2 nitrogen and oxygen atoms in total. The first-order chi connectivity index (χ1) is 4.87. The number of methoxy groups -OCH3 is 1. The zero-order valence-electron chi connectivity index (χ0n) is 6.93. The van der Waals surface area contributed by atoms with Crippen LogP contribution < -0.4 is 5.32 Å². The first kappa shape index (κ1) is 9.30. The van der Waals surface area contributed by atoms with Crippen LogP contribution in [0.1, 0.15) is 25.7 Å². The van der Waals surface area contributed by atoms with Crippen LogP contribution in [0.4, 0.5) is 0 Å². The van der Waals surface area contributed by atoms with Gasteiger partial charge in [0.05, 0.1) is 6.10 Å². The highest BCUT2D eigenvalue weighted by atomic mass is 35.5. The Morgan fingerprint density at radius 3 is 2.55 bits per heavy atom. The van der Waals surface area contributed by atoms with Crippen LogP contribution in [0.15, 0.2) is 0 Å². The van der Waals surface area contributed by atoms with Crippen LogP contribution >= 0.6 is 12.4 Å². The van der Waals surface area contributed by atoms with Gasteiger partial charge < -0.3 is 10.1 Å². The SMILES string of the molecule is COC1CCNC12CCC2.Cl. The molecule has 1 spiro atoms. The molecule has 0 aromatic heterocycles. The number of nitrogens with one attached hydrogen (secondary N) is 1. The van der Waals surface area contributed by atoms with Crippen molar-refractivity contribution >= 4 is 12.4 Å². The predicted octanol–water partition coefficient (Wildman–Crippen LogP) is 1.34. The van der Waals surface area contributed by atoms with E-state index in [2.05, 4.69) is 5.32 Å². The molecule has 1 unspecified atom stereocenters. The molecule has 3 heteroatoms. The second-order valence-corrected chi connectivity index (χ2v) is 3.45. The summed E-state index contributed by atoms with van der Waals surface area (Å²) in [5.41, 5.74) is 0.411. The lowest BCUT2D eigenvalue weighted by atomic mass is 9.74. The van der Waals surface area contributed by atoms with Crippen molar-refractivity contribution in [3.8, 4) is 0 Å². The molecule has 1 N–H and O–H groups in total. The Hall–Kier alpha value is 0.210. The topological polar surface area (TPSA) is 21.3 Å². The van der Waals surface area contributed by atoms with Crippen molar-refractivity contribution < 1.29 is 4.74 Å². The van der Waals surface area contributed by atoms with Gasteiger partial charge in [0.1, 0.15) is 0 Å². The molecule has 1 atom stereocenters. The van der Waals surface area contributed by atoms with Gasteiger partial charge in [-0.05, 0) is 32.2 Å². The van der Waals surface area contributed by atoms with Crippen LogP contribution in [0.2, 0.25) is 0 Å². The Morgan fingerprint density at radius 2 is 2.18 bits per heavy atom. The maximum atomic E-state index is 5.41. The number of hydrogen-bond donors (Lipinski definition) is 1. The minimum atomic E-state index is 0. The molecule has 0 amide bonds. The van der Waals surface area contributed by atoms with Crippen LogP contribution in [0, 0.1) is 0 Å². The third kappa shape index (κ3) is 1.28. The molecule has 0 radical (unpaired) electrons. The molecule has 1 saturated heterocycles. The summed E-state index contributed by atoms with van der Waals surface area (Å²) in [5.74, 6) is 0. The van der Waals surface area contributed by atoms with Gasteiger partial charge in [-0.25, -0.2) is 0 Å². The molecular formula is C8H16ClNO.